The summed E-state index contributed by atoms with van der Waals surface area (Å²) in [6, 6.07) is 8.03. The van der Waals surface area contributed by atoms with Crippen LogP contribution in [-0.4, -0.2) is 21.2 Å². The first kappa shape index (κ1) is 24.7. The van der Waals surface area contributed by atoms with Crippen LogP contribution in [0.4, 0.5) is 14.9 Å². The van der Waals surface area contributed by atoms with Gasteiger partial charge in [-0.15, -0.1) is 12.4 Å². The van der Waals surface area contributed by atoms with Crippen molar-refractivity contribution in [3.8, 4) is 0 Å². The zero-order valence-corrected chi connectivity index (χ0v) is 19.8. The predicted molar refractivity (Wildman–Crippen MR) is 126 cm³/mol. The third-order valence-corrected chi connectivity index (χ3v) is 5.08. The minimum absolute atomic E-state index is 0. The number of rotatable bonds is 5. The molecule has 2 aromatic heterocycles. The quantitative estimate of drug-likeness (QED) is 0.444. The fourth-order valence-electron chi connectivity index (χ4n) is 3.58. The van der Waals surface area contributed by atoms with E-state index >= 15 is 0 Å². The average molecular weight is 448 g/mol. The summed E-state index contributed by atoms with van der Waals surface area (Å²) in [5.74, 6) is -0.308. The standard InChI is InChI=1S/C24H30FN3O2.ClH/c1-7-14-27-17(3)16(2)21-22(27)20(12-13-26-21)28(23(29)30-24(4,5)6)15-18-8-10-19(25)11-9-18;/h8-13H,7,14-15H2,1-6H3;1H. The van der Waals surface area contributed by atoms with Crippen molar-refractivity contribution in [2.45, 2.75) is 66.7 Å². The lowest BCUT2D eigenvalue weighted by molar-refractivity contribution is 0.0578. The lowest BCUT2D eigenvalue weighted by Crippen LogP contribution is -2.36. The molecule has 31 heavy (non-hydrogen) atoms. The molecule has 1 aromatic carbocycles. The number of amides is 1. The van der Waals surface area contributed by atoms with E-state index < -0.39 is 11.7 Å². The number of aryl methyl sites for hydroxylation is 2. The minimum atomic E-state index is -0.637. The molecular formula is C24H31ClFN3O2. The van der Waals surface area contributed by atoms with Gasteiger partial charge in [0.05, 0.1) is 23.3 Å². The average Bonchev–Trinajstić information content (AvgIpc) is 2.92. The summed E-state index contributed by atoms with van der Waals surface area (Å²) in [7, 11) is 0. The summed E-state index contributed by atoms with van der Waals surface area (Å²) in [5.41, 5.74) is 4.96. The lowest BCUT2D eigenvalue weighted by atomic mass is 10.1. The van der Waals surface area contributed by atoms with Crippen molar-refractivity contribution in [3.63, 3.8) is 0 Å². The first-order valence-corrected chi connectivity index (χ1v) is 10.3. The molecule has 0 atom stereocenters. The molecule has 0 aliphatic heterocycles. The number of anilines is 1. The van der Waals surface area contributed by atoms with Gasteiger partial charge in [0.25, 0.3) is 0 Å². The first-order valence-electron chi connectivity index (χ1n) is 10.3. The maximum absolute atomic E-state index is 13.4. The molecule has 0 spiro atoms. The number of halogens is 2. The Bertz CT molecular complexity index is 1060. The Hall–Kier alpha value is -2.60. The van der Waals surface area contributed by atoms with Gasteiger partial charge in [-0.1, -0.05) is 19.1 Å². The molecule has 0 saturated carbocycles. The lowest BCUT2D eigenvalue weighted by Gasteiger charge is -2.28. The largest absolute Gasteiger partial charge is 0.443 e. The van der Waals surface area contributed by atoms with Crippen LogP contribution in [0.1, 0.15) is 50.9 Å². The molecule has 168 valence electrons. The van der Waals surface area contributed by atoms with E-state index in [2.05, 4.69) is 30.3 Å². The fourth-order valence-corrected chi connectivity index (χ4v) is 3.58. The van der Waals surface area contributed by atoms with Crippen LogP contribution < -0.4 is 4.90 Å². The Morgan fingerprint density at radius 2 is 1.81 bits per heavy atom. The van der Waals surface area contributed by atoms with Gasteiger partial charge >= 0.3 is 6.09 Å². The van der Waals surface area contributed by atoms with Crippen LogP contribution in [0.5, 0.6) is 0 Å². The molecule has 1 amide bonds. The Balaban J connectivity index is 0.00000341. The molecule has 5 nitrogen and oxygen atoms in total. The van der Waals surface area contributed by atoms with Crippen LogP contribution in [0.2, 0.25) is 0 Å². The highest BCUT2D eigenvalue weighted by molar-refractivity contribution is 6.00. The van der Waals surface area contributed by atoms with Crippen molar-refractivity contribution < 1.29 is 13.9 Å². The Morgan fingerprint density at radius 1 is 1.16 bits per heavy atom. The summed E-state index contributed by atoms with van der Waals surface area (Å²) in [5, 5.41) is 0. The van der Waals surface area contributed by atoms with E-state index in [4.69, 9.17) is 4.74 Å². The number of carbonyl (C=O) groups is 1. The molecule has 0 aliphatic carbocycles. The van der Waals surface area contributed by atoms with Gasteiger partial charge in [-0.2, -0.15) is 0 Å². The van der Waals surface area contributed by atoms with Gasteiger partial charge < -0.3 is 9.30 Å². The molecule has 7 heteroatoms. The number of carbonyl (C=O) groups excluding carboxylic acids is 1. The Labute approximate surface area is 189 Å². The van der Waals surface area contributed by atoms with Crippen molar-refractivity contribution in [1.82, 2.24) is 9.55 Å². The van der Waals surface area contributed by atoms with Gasteiger partial charge in [0, 0.05) is 18.4 Å². The van der Waals surface area contributed by atoms with Gasteiger partial charge in [0.2, 0.25) is 0 Å². The van der Waals surface area contributed by atoms with E-state index in [0.29, 0.717) is 0 Å². The monoisotopic (exact) mass is 447 g/mol. The van der Waals surface area contributed by atoms with E-state index in [9.17, 15) is 9.18 Å². The topological polar surface area (TPSA) is 47.4 Å². The summed E-state index contributed by atoms with van der Waals surface area (Å²) >= 11 is 0. The van der Waals surface area contributed by atoms with Crippen LogP contribution >= 0.6 is 12.4 Å². The molecule has 3 rings (SSSR count). The summed E-state index contributed by atoms with van der Waals surface area (Å²) < 4.78 is 21.3. The highest BCUT2D eigenvalue weighted by atomic mass is 35.5. The number of ether oxygens (including phenoxy) is 1. The fraction of sp³-hybridized carbons (Fsp3) is 0.417. The van der Waals surface area contributed by atoms with Gasteiger partial charge in [0.1, 0.15) is 11.4 Å². The van der Waals surface area contributed by atoms with Crippen LogP contribution in [0, 0.1) is 19.7 Å². The first-order chi connectivity index (χ1) is 14.1. The Kier molecular flexibility index (Phi) is 7.71. The molecule has 0 fully saturated rings. The van der Waals surface area contributed by atoms with Crippen molar-refractivity contribution in [2.75, 3.05) is 4.90 Å². The second-order valence-electron chi connectivity index (χ2n) is 8.58. The zero-order chi connectivity index (χ0) is 22.1. The normalized spacial score (nSPS) is 11.3. The molecule has 0 N–H and O–H groups in total. The van der Waals surface area contributed by atoms with Crippen molar-refractivity contribution in [3.05, 3.63) is 59.2 Å². The number of hydrogen-bond acceptors (Lipinski definition) is 3. The van der Waals surface area contributed by atoms with E-state index in [0.717, 1.165) is 46.5 Å². The van der Waals surface area contributed by atoms with Crippen LogP contribution in [0.3, 0.4) is 0 Å². The van der Waals surface area contributed by atoms with Gasteiger partial charge in [-0.3, -0.25) is 9.88 Å². The number of aromatic nitrogens is 2. The molecule has 0 bridgehead atoms. The Morgan fingerprint density at radius 3 is 2.39 bits per heavy atom. The second-order valence-corrected chi connectivity index (χ2v) is 8.58. The molecule has 0 saturated heterocycles. The van der Waals surface area contributed by atoms with Gasteiger partial charge in [-0.05, 0) is 70.4 Å². The highest BCUT2D eigenvalue weighted by Gasteiger charge is 2.27. The summed E-state index contributed by atoms with van der Waals surface area (Å²) in [6.07, 6.45) is 2.24. The van der Waals surface area contributed by atoms with E-state index in [1.807, 2.05) is 26.8 Å². The molecule has 0 unspecified atom stereocenters. The zero-order valence-electron chi connectivity index (χ0n) is 19.0. The SMILES string of the molecule is CCCn1c(C)c(C)c2nccc(N(Cc3ccc(F)cc3)C(=O)OC(C)(C)C)c21.Cl. The number of fused-ring (bicyclic) bond motifs is 1. The number of benzene rings is 1. The van der Waals surface area contributed by atoms with Gasteiger partial charge in [-0.25, -0.2) is 9.18 Å². The molecule has 0 radical (unpaired) electrons. The van der Waals surface area contributed by atoms with Crippen LogP contribution in [0.15, 0.2) is 36.5 Å². The van der Waals surface area contributed by atoms with Gasteiger partial charge in [0.15, 0.2) is 0 Å². The van der Waals surface area contributed by atoms with E-state index in [1.165, 1.54) is 12.1 Å². The molecule has 3 aromatic rings. The highest BCUT2D eigenvalue weighted by Crippen LogP contribution is 2.33. The molecule has 2 heterocycles. The third kappa shape index (κ3) is 5.37. The molecule has 0 aliphatic rings. The summed E-state index contributed by atoms with van der Waals surface area (Å²) in [4.78, 5) is 19.4. The van der Waals surface area contributed by atoms with Crippen LogP contribution in [-0.2, 0) is 17.8 Å². The minimum Gasteiger partial charge on any atom is -0.443 e. The molecular weight excluding hydrogens is 417 g/mol. The number of nitrogens with zero attached hydrogens (tertiary/aromatic N) is 3. The van der Waals surface area contributed by atoms with E-state index in [-0.39, 0.29) is 24.8 Å². The summed E-state index contributed by atoms with van der Waals surface area (Å²) in [6.45, 7) is 12.9. The predicted octanol–water partition coefficient (Wildman–Crippen LogP) is 6.57. The number of hydrogen-bond donors (Lipinski definition) is 0. The van der Waals surface area contributed by atoms with E-state index in [1.54, 1.807) is 23.2 Å². The maximum atomic E-state index is 13.4. The van der Waals surface area contributed by atoms with Crippen molar-refractivity contribution >= 4 is 35.2 Å². The third-order valence-electron chi connectivity index (χ3n) is 5.08. The maximum Gasteiger partial charge on any atom is 0.415 e. The second kappa shape index (κ2) is 9.69. The smallest absolute Gasteiger partial charge is 0.415 e. The number of pyridine rings is 1. The van der Waals surface area contributed by atoms with Crippen LogP contribution in [0.25, 0.3) is 11.0 Å². The van der Waals surface area contributed by atoms with Crippen molar-refractivity contribution in [2.24, 2.45) is 0 Å². The van der Waals surface area contributed by atoms with Crippen molar-refractivity contribution in [1.29, 1.82) is 0 Å².